The molecular weight excluding hydrogens is 336 g/mol. The van der Waals surface area contributed by atoms with Gasteiger partial charge in [-0.2, -0.15) is 0 Å². The van der Waals surface area contributed by atoms with E-state index in [1.165, 1.54) is 0 Å². The van der Waals surface area contributed by atoms with Gasteiger partial charge in [0.25, 0.3) is 0 Å². The van der Waals surface area contributed by atoms with Gasteiger partial charge >= 0.3 is 5.97 Å². The number of aliphatic hydroxyl groups is 1. The van der Waals surface area contributed by atoms with E-state index in [0.717, 1.165) is 0 Å². The highest BCUT2D eigenvalue weighted by molar-refractivity contribution is 6.17. The monoisotopic (exact) mass is 358 g/mol. The van der Waals surface area contributed by atoms with Gasteiger partial charge in [0, 0.05) is 18.8 Å². The summed E-state index contributed by atoms with van der Waals surface area (Å²) in [4.78, 5) is 52.7. The molecule has 0 radical (unpaired) electrons. The van der Waals surface area contributed by atoms with Crippen LogP contribution in [0, 0.1) is 34.0 Å². The maximum absolute atomic E-state index is 13.2. The predicted octanol–water partition coefficient (Wildman–Crippen LogP) is 0.999. The van der Waals surface area contributed by atoms with Crippen LogP contribution < -0.4 is 0 Å². The van der Waals surface area contributed by atoms with E-state index in [9.17, 15) is 24.3 Å². The van der Waals surface area contributed by atoms with Crippen molar-refractivity contribution in [1.82, 2.24) is 0 Å². The van der Waals surface area contributed by atoms with Gasteiger partial charge in [-0.25, -0.2) is 0 Å². The van der Waals surface area contributed by atoms with E-state index in [-0.39, 0.29) is 41.3 Å². The molecule has 1 unspecified atom stereocenters. The van der Waals surface area contributed by atoms with Crippen LogP contribution in [0.2, 0.25) is 0 Å². The Bertz CT molecular complexity index is 814. The van der Waals surface area contributed by atoms with Gasteiger partial charge in [-0.15, -0.1) is 0 Å². The Morgan fingerprint density at radius 3 is 2.58 bits per heavy atom. The van der Waals surface area contributed by atoms with Crippen LogP contribution >= 0.6 is 0 Å². The van der Waals surface area contributed by atoms with E-state index in [1.54, 1.807) is 0 Å². The molecule has 4 bridgehead atoms. The molecule has 6 fully saturated rings. The number of fused-ring (bicyclic) bond motifs is 2. The molecule has 4 saturated carbocycles. The Morgan fingerprint density at radius 1 is 1.19 bits per heavy atom. The molecule has 2 aliphatic heterocycles. The zero-order chi connectivity index (χ0) is 18.8. The second kappa shape index (κ2) is 4.35. The first-order valence-corrected chi connectivity index (χ1v) is 9.30. The largest absolute Gasteiger partial charge is 0.460 e. The lowest BCUT2D eigenvalue weighted by Crippen LogP contribution is -2.78. The lowest BCUT2D eigenvalue weighted by atomic mass is 9.37. The Labute approximate surface area is 151 Å². The van der Waals surface area contributed by atoms with E-state index in [1.807, 2.05) is 13.8 Å². The average Bonchev–Trinajstić information content (AvgIpc) is 2.70. The Hall–Kier alpha value is -1.82. The second-order valence-electron chi connectivity index (χ2n) is 9.41. The molecule has 0 aromatic heterocycles. The summed E-state index contributed by atoms with van der Waals surface area (Å²) >= 11 is 0. The summed E-state index contributed by atoms with van der Waals surface area (Å²) in [5.74, 6) is -3.75. The molecule has 6 heteroatoms. The number of hydrogen-bond donors (Lipinski definition) is 1. The highest BCUT2D eigenvalue weighted by Gasteiger charge is 2.84. The number of carbonyl (C=O) groups excluding carboxylic acids is 4. The number of rotatable bonds is 0. The van der Waals surface area contributed by atoms with E-state index < -0.39 is 46.6 Å². The Kier molecular flexibility index (Phi) is 2.74. The van der Waals surface area contributed by atoms with Gasteiger partial charge in [-0.1, -0.05) is 20.4 Å². The van der Waals surface area contributed by atoms with Crippen molar-refractivity contribution in [3.8, 4) is 0 Å². The third-order valence-corrected chi connectivity index (χ3v) is 8.20. The number of aliphatic hydroxyl groups excluding tert-OH is 1. The van der Waals surface area contributed by atoms with Crippen molar-refractivity contribution >= 4 is 23.3 Å². The van der Waals surface area contributed by atoms with Gasteiger partial charge in [0.1, 0.15) is 22.7 Å². The van der Waals surface area contributed by atoms with Gasteiger partial charge in [0.2, 0.25) is 0 Å². The molecule has 0 amide bonds. The minimum Gasteiger partial charge on any atom is -0.460 e. The summed E-state index contributed by atoms with van der Waals surface area (Å²) in [5, 5.41) is 11.0. The number of hydrogen-bond acceptors (Lipinski definition) is 6. The number of ether oxygens (including phenoxy) is 1. The molecule has 2 heterocycles. The first-order valence-electron chi connectivity index (χ1n) is 9.30. The summed E-state index contributed by atoms with van der Waals surface area (Å²) < 4.78 is 5.60. The summed E-state index contributed by atoms with van der Waals surface area (Å²) in [5.41, 5.74) is -3.26. The predicted molar refractivity (Wildman–Crippen MR) is 87.6 cm³/mol. The molecular formula is C20H22O6. The lowest BCUT2D eigenvalue weighted by molar-refractivity contribution is -0.264. The van der Waals surface area contributed by atoms with Gasteiger partial charge in [0.15, 0.2) is 11.6 Å². The van der Waals surface area contributed by atoms with Crippen LogP contribution in [0.15, 0.2) is 12.2 Å². The molecule has 138 valence electrons. The Morgan fingerprint density at radius 2 is 1.88 bits per heavy atom. The maximum Gasteiger partial charge on any atom is 0.321 e. The molecule has 2 saturated heterocycles. The molecule has 6 rings (SSSR count). The summed E-state index contributed by atoms with van der Waals surface area (Å²) in [6.07, 6.45) is -0.891. The SMILES string of the molecule is C=C1C(=O)C23[C@@H]4C[C@@H]5C(C)(C)CCC(=O)[C@@]5(C(=O)O4)[C@@H]2C(=O)C[C@@H]1[C@H]3O. The third kappa shape index (κ3) is 1.34. The Balaban J connectivity index is 1.83. The van der Waals surface area contributed by atoms with Crippen LogP contribution in [-0.2, 0) is 23.9 Å². The average molecular weight is 358 g/mol. The zero-order valence-electron chi connectivity index (χ0n) is 14.9. The van der Waals surface area contributed by atoms with Gasteiger partial charge < -0.3 is 9.84 Å². The van der Waals surface area contributed by atoms with Gasteiger partial charge in [-0.05, 0) is 29.7 Å². The first kappa shape index (κ1) is 16.4. The van der Waals surface area contributed by atoms with E-state index in [4.69, 9.17) is 4.74 Å². The van der Waals surface area contributed by atoms with E-state index in [2.05, 4.69) is 6.58 Å². The molecule has 4 aliphatic carbocycles. The van der Waals surface area contributed by atoms with Crippen molar-refractivity contribution in [2.75, 3.05) is 0 Å². The number of ketones is 3. The van der Waals surface area contributed by atoms with Crippen LogP contribution in [0.4, 0.5) is 0 Å². The van der Waals surface area contributed by atoms with Crippen molar-refractivity contribution in [1.29, 1.82) is 0 Å². The third-order valence-electron chi connectivity index (χ3n) is 8.20. The van der Waals surface area contributed by atoms with Crippen molar-refractivity contribution in [2.45, 2.75) is 51.7 Å². The minimum atomic E-state index is -1.64. The lowest BCUT2D eigenvalue weighted by Gasteiger charge is -2.66. The van der Waals surface area contributed by atoms with Gasteiger partial charge in [-0.3, -0.25) is 19.2 Å². The fraction of sp³-hybridized carbons (Fsp3) is 0.700. The molecule has 26 heavy (non-hydrogen) atoms. The first-order chi connectivity index (χ1) is 12.1. The summed E-state index contributed by atoms with van der Waals surface area (Å²) in [6.45, 7) is 7.83. The molecule has 2 spiro atoms. The second-order valence-corrected chi connectivity index (χ2v) is 9.41. The number of carbonyl (C=O) groups is 4. The van der Waals surface area contributed by atoms with Crippen molar-refractivity contribution in [3.63, 3.8) is 0 Å². The van der Waals surface area contributed by atoms with Crippen LogP contribution in [-0.4, -0.2) is 40.6 Å². The topological polar surface area (TPSA) is 97.7 Å². The highest BCUT2D eigenvalue weighted by Crippen LogP contribution is 2.72. The number of Topliss-reactive ketones (excluding diaryl/α,β-unsaturated/α-hetero) is 3. The van der Waals surface area contributed by atoms with Crippen LogP contribution in [0.3, 0.4) is 0 Å². The van der Waals surface area contributed by atoms with Crippen molar-refractivity contribution in [3.05, 3.63) is 12.2 Å². The van der Waals surface area contributed by atoms with Crippen LogP contribution in [0.5, 0.6) is 0 Å². The van der Waals surface area contributed by atoms with E-state index >= 15 is 0 Å². The quantitative estimate of drug-likeness (QED) is 0.394. The molecule has 0 aromatic rings. The summed E-state index contributed by atoms with van der Waals surface area (Å²) in [6, 6.07) is 0. The van der Waals surface area contributed by atoms with Crippen molar-refractivity contribution in [2.24, 2.45) is 34.0 Å². The van der Waals surface area contributed by atoms with Crippen molar-refractivity contribution < 1.29 is 29.0 Å². The number of esters is 1. The molecule has 7 atom stereocenters. The zero-order valence-corrected chi connectivity index (χ0v) is 14.9. The molecule has 1 N–H and O–H groups in total. The van der Waals surface area contributed by atoms with Gasteiger partial charge in [0.05, 0.1) is 12.0 Å². The smallest absolute Gasteiger partial charge is 0.321 e. The minimum absolute atomic E-state index is 0.0413. The molecule has 0 aromatic carbocycles. The fourth-order valence-corrected chi connectivity index (χ4v) is 7.05. The van der Waals surface area contributed by atoms with Crippen LogP contribution in [0.25, 0.3) is 0 Å². The van der Waals surface area contributed by atoms with Crippen LogP contribution in [0.1, 0.15) is 39.5 Å². The summed E-state index contributed by atoms with van der Waals surface area (Å²) in [7, 11) is 0. The molecule has 6 nitrogen and oxygen atoms in total. The standard InChI is InChI=1S/C20H22O6/c1-8-9-6-10(21)14-19-11(18(2,3)5-4-12(19)22)7-13(26-17(19)25)20(14,15(8)23)16(9)24/h9,11,13-14,16,24H,1,4-7H2,2-3H3/t9-,11+,13-,14-,16+,19+,20?/m0/s1. The maximum atomic E-state index is 13.2. The molecule has 6 aliphatic rings. The fourth-order valence-electron chi connectivity index (χ4n) is 7.05. The highest BCUT2D eigenvalue weighted by atomic mass is 16.6. The van der Waals surface area contributed by atoms with E-state index in [0.29, 0.717) is 12.8 Å². The normalized spacial score (nSPS) is 51.2.